The molecule has 0 bridgehead atoms. The van der Waals surface area contributed by atoms with Crippen molar-refractivity contribution in [1.29, 1.82) is 0 Å². The van der Waals surface area contributed by atoms with Gasteiger partial charge in [0.25, 0.3) is 5.69 Å². The Labute approximate surface area is 119 Å². The number of hydrogen-bond acceptors (Lipinski definition) is 4. The second kappa shape index (κ2) is 5.22. The Bertz CT molecular complexity index is 794. The van der Waals surface area contributed by atoms with E-state index in [1.165, 1.54) is 17.4 Å². The third kappa shape index (κ3) is 2.57. The molecule has 5 heteroatoms. The summed E-state index contributed by atoms with van der Waals surface area (Å²) in [7, 11) is 0. The van der Waals surface area contributed by atoms with Crippen molar-refractivity contribution in [3.05, 3.63) is 69.2 Å². The molecule has 2 aromatic carbocycles. The van der Waals surface area contributed by atoms with Crippen molar-refractivity contribution < 1.29 is 4.92 Å². The van der Waals surface area contributed by atoms with Crippen molar-refractivity contribution in [1.82, 2.24) is 4.98 Å². The van der Waals surface area contributed by atoms with E-state index in [0.29, 0.717) is 0 Å². The maximum absolute atomic E-state index is 10.7. The topological polar surface area (TPSA) is 56.0 Å². The first-order chi connectivity index (χ1) is 9.72. The number of benzene rings is 2. The molecule has 0 saturated carbocycles. The lowest BCUT2D eigenvalue weighted by Gasteiger charge is -1.89. The van der Waals surface area contributed by atoms with Crippen LogP contribution in [0.3, 0.4) is 0 Å². The lowest BCUT2D eigenvalue weighted by molar-refractivity contribution is -0.384. The van der Waals surface area contributed by atoms with E-state index < -0.39 is 4.92 Å². The van der Waals surface area contributed by atoms with Crippen LogP contribution in [0.4, 0.5) is 5.69 Å². The number of non-ortho nitro benzene ring substituents is 1. The predicted molar refractivity (Wildman–Crippen MR) is 81.6 cm³/mol. The molecule has 0 unspecified atom stereocenters. The third-order valence-electron chi connectivity index (χ3n) is 2.82. The fourth-order valence-electron chi connectivity index (χ4n) is 1.85. The summed E-state index contributed by atoms with van der Waals surface area (Å²) in [6.45, 7) is 0. The summed E-state index contributed by atoms with van der Waals surface area (Å²) in [5.41, 5.74) is 1.98. The fraction of sp³-hybridized carbons (Fsp3) is 0. The van der Waals surface area contributed by atoms with E-state index in [1.807, 2.05) is 42.5 Å². The number of rotatable bonds is 3. The Kier molecular flexibility index (Phi) is 3.26. The van der Waals surface area contributed by atoms with E-state index in [0.717, 1.165) is 20.8 Å². The van der Waals surface area contributed by atoms with Gasteiger partial charge in [0.05, 0.1) is 15.1 Å². The molecule has 0 saturated heterocycles. The number of nitrogens with zero attached hydrogens (tertiary/aromatic N) is 2. The van der Waals surface area contributed by atoms with Crippen LogP contribution in [0, 0.1) is 10.1 Å². The van der Waals surface area contributed by atoms with Gasteiger partial charge in [-0.05, 0) is 17.7 Å². The van der Waals surface area contributed by atoms with E-state index in [9.17, 15) is 10.1 Å². The van der Waals surface area contributed by atoms with Gasteiger partial charge in [-0.1, -0.05) is 36.4 Å². The van der Waals surface area contributed by atoms with Crippen LogP contribution in [0.1, 0.15) is 10.6 Å². The maximum atomic E-state index is 10.7. The zero-order chi connectivity index (χ0) is 13.9. The normalized spacial score (nSPS) is 11.2. The van der Waals surface area contributed by atoms with Crippen LogP contribution >= 0.6 is 11.3 Å². The number of aromatic nitrogens is 1. The van der Waals surface area contributed by atoms with E-state index in [-0.39, 0.29) is 5.69 Å². The highest BCUT2D eigenvalue weighted by atomic mass is 32.1. The summed E-state index contributed by atoms with van der Waals surface area (Å²) in [4.78, 5) is 14.8. The molecule has 3 aromatic rings. The zero-order valence-electron chi connectivity index (χ0n) is 10.4. The van der Waals surface area contributed by atoms with Gasteiger partial charge in [0.15, 0.2) is 0 Å². The van der Waals surface area contributed by atoms with Crippen LogP contribution in [-0.2, 0) is 0 Å². The number of thiazole rings is 1. The Hall–Kier alpha value is -2.53. The van der Waals surface area contributed by atoms with Crippen LogP contribution < -0.4 is 0 Å². The molecule has 98 valence electrons. The average molecular weight is 282 g/mol. The van der Waals surface area contributed by atoms with Gasteiger partial charge in [-0.25, -0.2) is 4.98 Å². The largest absolute Gasteiger partial charge is 0.270 e. The predicted octanol–water partition coefficient (Wildman–Crippen LogP) is 4.37. The molecule has 0 radical (unpaired) electrons. The second-order valence-corrected chi connectivity index (χ2v) is 5.27. The molecule has 0 aliphatic rings. The quantitative estimate of drug-likeness (QED) is 0.529. The summed E-state index contributed by atoms with van der Waals surface area (Å²) < 4.78 is 0.826. The lowest BCUT2D eigenvalue weighted by Crippen LogP contribution is -1.85. The first-order valence-corrected chi connectivity index (χ1v) is 6.82. The van der Waals surface area contributed by atoms with Crippen LogP contribution in [0.5, 0.6) is 0 Å². The SMILES string of the molecule is O=[N+]([O-])c1ccc2nc(/C=C/c3ccccc3)sc2c1. The highest BCUT2D eigenvalue weighted by molar-refractivity contribution is 7.19. The zero-order valence-corrected chi connectivity index (χ0v) is 11.2. The number of hydrogen-bond donors (Lipinski definition) is 0. The van der Waals surface area contributed by atoms with Gasteiger partial charge in [0.2, 0.25) is 0 Å². The molecule has 1 heterocycles. The van der Waals surface area contributed by atoms with E-state index in [2.05, 4.69) is 4.98 Å². The molecule has 0 N–H and O–H groups in total. The van der Waals surface area contributed by atoms with Crippen molar-refractivity contribution in [2.24, 2.45) is 0 Å². The lowest BCUT2D eigenvalue weighted by atomic mass is 10.2. The summed E-state index contributed by atoms with van der Waals surface area (Å²) >= 11 is 1.45. The molecular weight excluding hydrogens is 272 g/mol. The van der Waals surface area contributed by atoms with E-state index >= 15 is 0 Å². The molecule has 0 spiro atoms. The van der Waals surface area contributed by atoms with Crippen LogP contribution in [0.25, 0.3) is 22.4 Å². The second-order valence-electron chi connectivity index (χ2n) is 4.21. The van der Waals surface area contributed by atoms with Gasteiger partial charge in [-0.3, -0.25) is 10.1 Å². The summed E-state index contributed by atoms with van der Waals surface area (Å²) in [5, 5.41) is 11.6. The van der Waals surface area contributed by atoms with E-state index in [1.54, 1.807) is 12.1 Å². The Morgan fingerprint density at radius 2 is 1.90 bits per heavy atom. The van der Waals surface area contributed by atoms with Gasteiger partial charge >= 0.3 is 0 Å². The molecule has 3 rings (SSSR count). The van der Waals surface area contributed by atoms with Gasteiger partial charge in [-0.2, -0.15) is 0 Å². The minimum atomic E-state index is -0.390. The van der Waals surface area contributed by atoms with Crippen molar-refractivity contribution in [3.63, 3.8) is 0 Å². The molecule has 0 amide bonds. The first-order valence-electron chi connectivity index (χ1n) is 6.00. The minimum Gasteiger partial charge on any atom is -0.258 e. The Balaban J connectivity index is 1.93. The highest BCUT2D eigenvalue weighted by Crippen LogP contribution is 2.27. The Morgan fingerprint density at radius 1 is 1.10 bits per heavy atom. The molecule has 0 fully saturated rings. The molecule has 0 aliphatic carbocycles. The van der Waals surface area contributed by atoms with Crippen LogP contribution in [-0.4, -0.2) is 9.91 Å². The van der Waals surface area contributed by atoms with Crippen LogP contribution in [0.2, 0.25) is 0 Å². The van der Waals surface area contributed by atoms with Gasteiger partial charge in [0, 0.05) is 12.1 Å². The number of nitro groups is 1. The Morgan fingerprint density at radius 3 is 2.65 bits per heavy atom. The minimum absolute atomic E-state index is 0.0970. The molecule has 4 nitrogen and oxygen atoms in total. The summed E-state index contributed by atoms with van der Waals surface area (Å²) in [5.74, 6) is 0. The third-order valence-corrected chi connectivity index (χ3v) is 3.80. The average Bonchev–Trinajstić information content (AvgIpc) is 2.88. The standard InChI is InChI=1S/C15H10N2O2S/c18-17(19)12-7-8-13-14(10-12)20-15(16-13)9-6-11-4-2-1-3-5-11/h1-10H/b9-6+. The van der Waals surface area contributed by atoms with Crippen molar-refractivity contribution in [2.75, 3.05) is 0 Å². The molecule has 1 aromatic heterocycles. The van der Waals surface area contributed by atoms with Gasteiger partial charge in [-0.15, -0.1) is 11.3 Å². The number of fused-ring (bicyclic) bond motifs is 1. The summed E-state index contributed by atoms with van der Waals surface area (Å²) in [6.07, 6.45) is 3.90. The highest BCUT2D eigenvalue weighted by Gasteiger charge is 2.08. The first kappa shape index (κ1) is 12.5. The fourth-order valence-corrected chi connectivity index (χ4v) is 2.75. The molecule has 0 atom stereocenters. The van der Waals surface area contributed by atoms with E-state index in [4.69, 9.17) is 0 Å². The van der Waals surface area contributed by atoms with Crippen molar-refractivity contribution in [3.8, 4) is 0 Å². The number of nitro benzene ring substituents is 1. The summed E-state index contributed by atoms with van der Waals surface area (Å²) in [6, 6.07) is 14.7. The maximum Gasteiger partial charge on any atom is 0.270 e. The molecule has 20 heavy (non-hydrogen) atoms. The van der Waals surface area contributed by atoms with Crippen LogP contribution in [0.15, 0.2) is 48.5 Å². The monoisotopic (exact) mass is 282 g/mol. The van der Waals surface area contributed by atoms with Gasteiger partial charge in [0.1, 0.15) is 5.01 Å². The smallest absolute Gasteiger partial charge is 0.258 e. The van der Waals surface area contributed by atoms with Crippen molar-refractivity contribution >= 4 is 39.4 Å². The molecular formula is C15H10N2O2S. The molecule has 0 aliphatic heterocycles. The van der Waals surface area contributed by atoms with Crippen molar-refractivity contribution in [2.45, 2.75) is 0 Å². The van der Waals surface area contributed by atoms with Gasteiger partial charge < -0.3 is 0 Å².